The maximum absolute atomic E-state index is 13.4. The van der Waals surface area contributed by atoms with Crippen molar-refractivity contribution >= 4 is 68.1 Å². The van der Waals surface area contributed by atoms with Gasteiger partial charge >= 0.3 is 15.2 Å². The Morgan fingerprint density at radius 3 is 1.70 bits per heavy atom. The van der Waals surface area contributed by atoms with E-state index in [4.69, 9.17) is 18.1 Å². The van der Waals surface area contributed by atoms with Gasteiger partial charge in [-0.15, -0.1) is 0 Å². The van der Waals surface area contributed by atoms with Gasteiger partial charge in [0.05, 0.1) is 38.8 Å². The van der Waals surface area contributed by atoms with Gasteiger partial charge in [0.25, 0.3) is 0 Å². The predicted octanol–water partition coefficient (Wildman–Crippen LogP) is 9.47. The minimum absolute atomic E-state index is 0.131. The van der Waals surface area contributed by atoms with E-state index in [1.165, 1.54) is 0 Å². The van der Waals surface area contributed by atoms with Crippen LogP contribution in [0.5, 0.6) is 0 Å². The molecule has 0 amide bonds. The van der Waals surface area contributed by atoms with E-state index in [9.17, 15) is 22.1 Å². The third kappa shape index (κ3) is 9.04. The normalized spacial score (nSPS) is 22.6. The van der Waals surface area contributed by atoms with Gasteiger partial charge in [0.1, 0.15) is 8.72 Å². The zero-order valence-electron chi connectivity index (χ0n) is 26.3. The molecule has 0 aromatic carbocycles. The van der Waals surface area contributed by atoms with Crippen LogP contribution in [0.2, 0.25) is 0 Å². The first kappa shape index (κ1) is 39.2. The van der Waals surface area contributed by atoms with Crippen LogP contribution in [0.3, 0.4) is 0 Å². The first-order valence-electron chi connectivity index (χ1n) is 15.8. The van der Waals surface area contributed by atoms with Crippen LogP contribution in [0.1, 0.15) is 98.3 Å². The summed E-state index contributed by atoms with van der Waals surface area (Å²) in [5.41, 5.74) is 1.26. The van der Waals surface area contributed by atoms with E-state index in [-0.39, 0.29) is 12.9 Å². The van der Waals surface area contributed by atoms with E-state index < -0.39 is 41.6 Å². The molecule has 2 heterocycles. The number of alkyl halides is 1. The number of rotatable bonds is 22. The standard InChI is InChI=1S/C29H48Br2O9P2S2/c1-5-37-41(32,38-6-2)19-15-11-9-13-17-29(18-14-10-12-16-20-42(33,39-7-3)40-8-4)23-21-25(30)43(34)27(23)28-24(29)22-26(31)44(28,35)36/h22,25H,5-21H2,1-4H3. The van der Waals surface area contributed by atoms with Crippen molar-refractivity contribution in [2.45, 2.75) is 102 Å². The number of unbranched alkanes of at least 4 members (excludes halogenated alkanes) is 6. The topological polar surface area (TPSA) is 128 Å². The Bertz CT molecular complexity index is 1240. The third-order valence-corrected chi connectivity index (χ3v) is 18.7. The van der Waals surface area contributed by atoms with Gasteiger partial charge in [-0.1, -0.05) is 38.5 Å². The van der Waals surface area contributed by atoms with E-state index in [2.05, 4.69) is 31.9 Å². The van der Waals surface area contributed by atoms with Gasteiger partial charge < -0.3 is 22.6 Å². The molecular formula is C29H48Br2O9P2S2. The van der Waals surface area contributed by atoms with Gasteiger partial charge in [-0.3, -0.25) is 9.13 Å². The molecule has 0 fully saturated rings. The van der Waals surface area contributed by atoms with Crippen LogP contribution in [-0.2, 0) is 48.2 Å². The molecule has 0 N–H and O–H groups in total. The van der Waals surface area contributed by atoms with Crippen molar-refractivity contribution in [2.24, 2.45) is 5.41 Å². The van der Waals surface area contributed by atoms with Gasteiger partial charge in [0.15, 0.2) is 9.06 Å². The van der Waals surface area contributed by atoms with Crippen molar-refractivity contribution in [3.05, 3.63) is 30.8 Å². The largest absolute Gasteiger partial charge is 0.611 e. The fourth-order valence-corrected chi connectivity index (χ4v) is 14.9. The highest BCUT2D eigenvalue weighted by Gasteiger charge is 2.59. The second-order valence-corrected chi connectivity index (χ2v) is 22.1. The summed E-state index contributed by atoms with van der Waals surface area (Å²) in [4.78, 5) is 0.736. The molecule has 3 aliphatic rings. The number of hydrogen-bond donors (Lipinski definition) is 0. The highest BCUT2D eigenvalue weighted by Crippen LogP contribution is 2.64. The van der Waals surface area contributed by atoms with E-state index in [1.807, 2.05) is 27.7 Å². The summed E-state index contributed by atoms with van der Waals surface area (Å²) >= 11 is 5.40. The summed E-state index contributed by atoms with van der Waals surface area (Å²) in [5, 5.41) is 0. The highest BCUT2D eigenvalue weighted by atomic mass is 79.9. The van der Waals surface area contributed by atoms with Gasteiger partial charge in [0.2, 0.25) is 9.84 Å². The molecule has 254 valence electrons. The molecule has 2 unspecified atom stereocenters. The average molecular weight is 827 g/mol. The summed E-state index contributed by atoms with van der Waals surface area (Å²) in [6.45, 7) is 8.60. The molecule has 2 atom stereocenters. The molecule has 1 aliphatic carbocycles. The molecule has 0 aromatic rings. The maximum Gasteiger partial charge on any atom is 0.330 e. The van der Waals surface area contributed by atoms with Gasteiger partial charge in [-0.05, 0) is 96.9 Å². The smallest absolute Gasteiger partial charge is 0.330 e. The zero-order valence-corrected chi connectivity index (χ0v) is 32.9. The van der Waals surface area contributed by atoms with Crippen LogP contribution in [0.15, 0.2) is 30.8 Å². The number of sulfone groups is 1. The molecule has 3 rings (SSSR count). The lowest BCUT2D eigenvalue weighted by molar-refractivity contribution is 0.218. The fraction of sp³-hybridized carbons (Fsp3) is 0.793. The molecule has 0 bridgehead atoms. The lowest BCUT2D eigenvalue weighted by atomic mass is 9.68. The Hall–Kier alpha value is 0.740. The summed E-state index contributed by atoms with van der Waals surface area (Å²) < 4.78 is 87.5. The number of fused-ring (bicyclic) bond motifs is 1. The van der Waals surface area contributed by atoms with Crippen molar-refractivity contribution in [2.75, 3.05) is 38.8 Å². The Labute approximate surface area is 284 Å². The second kappa shape index (κ2) is 17.4. The summed E-state index contributed by atoms with van der Waals surface area (Å²) in [7, 11) is -9.90. The monoisotopic (exact) mass is 824 g/mol. The van der Waals surface area contributed by atoms with Crippen molar-refractivity contribution < 1.29 is 40.2 Å². The van der Waals surface area contributed by atoms with Crippen LogP contribution < -0.4 is 0 Å². The number of hydrogen-bond acceptors (Lipinski definition) is 9. The molecule has 9 nitrogen and oxygen atoms in total. The zero-order chi connectivity index (χ0) is 32.6. The molecular weight excluding hydrogens is 778 g/mol. The van der Waals surface area contributed by atoms with Crippen LogP contribution in [-0.4, -0.2) is 55.9 Å². The highest BCUT2D eigenvalue weighted by molar-refractivity contribution is 9.13. The lowest BCUT2D eigenvalue weighted by Gasteiger charge is -2.34. The maximum atomic E-state index is 13.4. The van der Waals surface area contributed by atoms with E-state index in [0.29, 0.717) is 62.9 Å². The summed E-state index contributed by atoms with van der Waals surface area (Å²) in [5.74, 6) is 0. The Morgan fingerprint density at radius 2 is 1.27 bits per heavy atom. The van der Waals surface area contributed by atoms with Crippen LogP contribution in [0.25, 0.3) is 0 Å². The van der Waals surface area contributed by atoms with Gasteiger partial charge in [0, 0.05) is 28.6 Å². The first-order chi connectivity index (χ1) is 20.8. The van der Waals surface area contributed by atoms with Crippen molar-refractivity contribution in [3.63, 3.8) is 0 Å². The van der Waals surface area contributed by atoms with Crippen LogP contribution >= 0.6 is 47.1 Å². The Kier molecular flexibility index (Phi) is 15.5. The van der Waals surface area contributed by atoms with Crippen LogP contribution in [0.4, 0.5) is 0 Å². The van der Waals surface area contributed by atoms with Crippen molar-refractivity contribution in [1.82, 2.24) is 0 Å². The van der Waals surface area contributed by atoms with E-state index in [0.717, 1.165) is 62.5 Å². The Balaban J connectivity index is 1.73. The predicted molar refractivity (Wildman–Crippen MR) is 186 cm³/mol. The number of halogens is 2. The molecule has 0 radical (unpaired) electrons. The fourth-order valence-electron chi connectivity index (χ4n) is 6.47. The average Bonchev–Trinajstić information content (AvgIpc) is 3.48. The summed E-state index contributed by atoms with van der Waals surface area (Å²) in [6, 6.07) is 0. The van der Waals surface area contributed by atoms with Crippen molar-refractivity contribution in [3.8, 4) is 0 Å². The minimum Gasteiger partial charge on any atom is -0.611 e. The molecule has 2 aliphatic heterocycles. The van der Waals surface area contributed by atoms with E-state index >= 15 is 0 Å². The van der Waals surface area contributed by atoms with E-state index in [1.54, 1.807) is 6.08 Å². The Morgan fingerprint density at radius 1 is 0.841 bits per heavy atom. The second-order valence-electron chi connectivity index (χ2n) is 11.2. The molecule has 0 aromatic heterocycles. The minimum atomic E-state index is -3.75. The molecule has 0 spiro atoms. The first-order valence-corrected chi connectivity index (χ1v) is 23.6. The SMILES string of the molecule is CCOP(=O)(CCCCCCC1(CCCCCCP(=O)(OCC)OCC)C2=C(C3=C1CC(Br)[S+]3[O-])S(=O)(=O)C(Br)=C2)OCC. The molecule has 15 heteroatoms. The third-order valence-electron chi connectivity index (χ3n) is 8.27. The molecule has 0 saturated carbocycles. The van der Waals surface area contributed by atoms with Gasteiger partial charge in [-0.2, -0.15) is 0 Å². The quantitative estimate of drug-likeness (QED) is 0.0454. The lowest BCUT2D eigenvalue weighted by Crippen LogP contribution is -2.24. The van der Waals surface area contributed by atoms with Crippen LogP contribution in [0, 0.1) is 5.41 Å². The number of allylic oxidation sites excluding steroid dienone is 3. The molecule has 0 saturated heterocycles. The van der Waals surface area contributed by atoms with Gasteiger partial charge in [-0.25, -0.2) is 8.42 Å². The van der Waals surface area contributed by atoms with Crippen molar-refractivity contribution in [1.29, 1.82) is 0 Å². The molecule has 44 heavy (non-hydrogen) atoms. The summed E-state index contributed by atoms with van der Waals surface area (Å²) in [6.07, 6.45) is 11.1.